The molecule has 4 rings (SSSR count). The Balaban J connectivity index is 1.85. The lowest BCUT2D eigenvalue weighted by Crippen LogP contribution is -2.16. The summed E-state index contributed by atoms with van der Waals surface area (Å²) in [5.74, 6) is 0. The van der Waals surface area contributed by atoms with Crippen molar-refractivity contribution in [2.45, 2.75) is 33.6 Å². The molecule has 0 saturated carbocycles. The molecule has 0 atom stereocenters. The minimum Gasteiger partial charge on any atom is -0.344 e. The molecule has 1 aliphatic rings. The molecule has 30 heavy (non-hydrogen) atoms. The maximum Gasteiger partial charge on any atom is 0.0537 e. The first kappa shape index (κ1) is 20.0. The van der Waals surface area contributed by atoms with Crippen molar-refractivity contribution in [2.24, 2.45) is 0 Å². The Morgan fingerprint density at radius 2 is 1.80 bits per heavy atom. The van der Waals surface area contributed by atoms with Gasteiger partial charge in [-0.1, -0.05) is 67.6 Å². The van der Waals surface area contributed by atoms with Gasteiger partial charge in [-0.15, -0.1) is 0 Å². The molecule has 0 radical (unpaired) electrons. The Bertz CT molecular complexity index is 1180. The minimum absolute atomic E-state index is 0.920. The predicted molar refractivity (Wildman–Crippen MR) is 132 cm³/mol. The summed E-state index contributed by atoms with van der Waals surface area (Å²) >= 11 is 0. The number of rotatable bonds is 5. The summed E-state index contributed by atoms with van der Waals surface area (Å²) in [7, 11) is 2.15. The Hall–Kier alpha value is -3.26. The third kappa shape index (κ3) is 3.66. The van der Waals surface area contributed by atoms with Crippen LogP contribution in [-0.2, 0) is 0 Å². The van der Waals surface area contributed by atoms with E-state index in [4.69, 9.17) is 0 Å². The molecule has 0 fully saturated rings. The molecule has 0 spiro atoms. The standard InChI is InChI=1S/C28H30N2/c1-5-6-16-25-22(3)30(28-19-12-10-17-26(25)28)24-15-9-8-14-23(20-24)29(4)27-18-11-7-13-21(27)2/h6-8,10-20H,5,9H2,1-4H3/b16-6-. The van der Waals surface area contributed by atoms with Gasteiger partial charge in [-0.25, -0.2) is 0 Å². The zero-order valence-corrected chi connectivity index (χ0v) is 18.4. The van der Waals surface area contributed by atoms with Crippen LogP contribution >= 0.6 is 0 Å². The maximum atomic E-state index is 2.41. The molecule has 0 amide bonds. The van der Waals surface area contributed by atoms with Crippen molar-refractivity contribution >= 4 is 28.4 Å². The van der Waals surface area contributed by atoms with E-state index in [0.717, 1.165) is 12.8 Å². The van der Waals surface area contributed by atoms with E-state index in [1.165, 1.54) is 44.8 Å². The molecule has 1 aliphatic carbocycles. The Kier molecular flexibility index (Phi) is 5.76. The van der Waals surface area contributed by atoms with Gasteiger partial charge in [-0.05, 0) is 56.5 Å². The first-order valence-corrected chi connectivity index (χ1v) is 10.8. The highest BCUT2D eigenvalue weighted by Crippen LogP contribution is 2.33. The van der Waals surface area contributed by atoms with Crippen LogP contribution in [0.4, 0.5) is 5.69 Å². The lowest BCUT2D eigenvalue weighted by molar-refractivity contribution is 1.07. The van der Waals surface area contributed by atoms with Crippen molar-refractivity contribution in [3.8, 4) is 0 Å². The second kappa shape index (κ2) is 8.62. The number of para-hydroxylation sites is 2. The third-order valence-electron chi connectivity index (χ3n) is 5.85. The summed E-state index contributed by atoms with van der Waals surface area (Å²) in [6.07, 6.45) is 15.6. The van der Waals surface area contributed by atoms with E-state index < -0.39 is 0 Å². The molecule has 0 unspecified atom stereocenters. The van der Waals surface area contributed by atoms with E-state index in [1.54, 1.807) is 0 Å². The third-order valence-corrected chi connectivity index (χ3v) is 5.85. The highest BCUT2D eigenvalue weighted by molar-refractivity contribution is 5.94. The first-order chi connectivity index (χ1) is 14.6. The number of nitrogens with zero attached hydrogens (tertiary/aromatic N) is 2. The molecule has 3 aromatic rings. The van der Waals surface area contributed by atoms with Crippen LogP contribution in [-0.4, -0.2) is 11.6 Å². The first-order valence-electron chi connectivity index (χ1n) is 10.8. The fourth-order valence-corrected chi connectivity index (χ4v) is 4.25. The lowest BCUT2D eigenvalue weighted by Gasteiger charge is -2.23. The van der Waals surface area contributed by atoms with Crippen molar-refractivity contribution < 1.29 is 0 Å². The molecule has 0 bridgehead atoms. The van der Waals surface area contributed by atoms with Gasteiger partial charge in [-0.3, -0.25) is 0 Å². The highest BCUT2D eigenvalue weighted by Gasteiger charge is 2.16. The van der Waals surface area contributed by atoms with Crippen molar-refractivity contribution in [2.75, 3.05) is 11.9 Å². The van der Waals surface area contributed by atoms with Gasteiger partial charge in [0, 0.05) is 40.8 Å². The van der Waals surface area contributed by atoms with E-state index in [9.17, 15) is 0 Å². The van der Waals surface area contributed by atoms with Gasteiger partial charge in [0.2, 0.25) is 0 Å². The smallest absolute Gasteiger partial charge is 0.0537 e. The average molecular weight is 395 g/mol. The number of allylic oxidation sites excluding steroid dienone is 6. The summed E-state index contributed by atoms with van der Waals surface area (Å²) in [4.78, 5) is 2.28. The molecule has 2 nitrogen and oxygen atoms in total. The molecule has 152 valence electrons. The van der Waals surface area contributed by atoms with Gasteiger partial charge in [0.1, 0.15) is 0 Å². The second-order valence-corrected chi connectivity index (χ2v) is 7.84. The summed E-state index contributed by atoms with van der Waals surface area (Å²) in [6, 6.07) is 17.3. The van der Waals surface area contributed by atoms with Crippen LogP contribution in [0.15, 0.2) is 84.6 Å². The van der Waals surface area contributed by atoms with Crippen LogP contribution in [0.2, 0.25) is 0 Å². The number of anilines is 1. The molecular formula is C28H30N2. The van der Waals surface area contributed by atoms with E-state index in [-0.39, 0.29) is 0 Å². The van der Waals surface area contributed by atoms with Gasteiger partial charge >= 0.3 is 0 Å². The summed E-state index contributed by atoms with van der Waals surface area (Å²) in [5, 5.41) is 1.31. The average Bonchev–Trinajstić information content (AvgIpc) is 2.90. The molecule has 0 aliphatic heterocycles. The largest absolute Gasteiger partial charge is 0.344 e. The van der Waals surface area contributed by atoms with Gasteiger partial charge in [-0.2, -0.15) is 0 Å². The van der Waals surface area contributed by atoms with Crippen molar-refractivity contribution in [3.05, 3.63) is 101 Å². The van der Waals surface area contributed by atoms with Crippen molar-refractivity contribution in [1.29, 1.82) is 0 Å². The molecule has 2 aromatic carbocycles. The molecule has 1 aromatic heterocycles. The van der Waals surface area contributed by atoms with Crippen LogP contribution < -0.4 is 4.90 Å². The summed E-state index contributed by atoms with van der Waals surface area (Å²) in [5.41, 5.74) is 8.77. The van der Waals surface area contributed by atoms with Gasteiger partial charge in [0.25, 0.3) is 0 Å². The monoisotopic (exact) mass is 394 g/mol. The quantitative estimate of drug-likeness (QED) is 0.435. The molecule has 2 heteroatoms. The fraction of sp³-hybridized carbons (Fsp3) is 0.214. The molecule has 0 N–H and O–H groups in total. The predicted octanol–water partition coefficient (Wildman–Crippen LogP) is 7.50. The number of aromatic nitrogens is 1. The minimum atomic E-state index is 0.920. The number of hydrogen-bond donors (Lipinski definition) is 0. The summed E-state index contributed by atoms with van der Waals surface area (Å²) < 4.78 is 2.41. The number of likely N-dealkylation sites (N-methyl/N-ethyl adjacent to an activating group) is 1. The molecular weight excluding hydrogens is 364 g/mol. The van der Waals surface area contributed by atoms with Gasteiger partial charge in [0.05, 0.1) is 5.52 Å². The van der Waals surface area contributed by atoms with E-state index in [1.807, 2.05) is 0 Å². The second-order valence-electron chi connectivity index (χ2n) is 7.84. The number of benzene rings is 2. The molecule has 1 heterocycles. The van der Waals surface area contributed by atoms with Gasteiger partial charge < -0.3 is 9.47 Å². The van der Waals surface area contributed by atoms with E-state index >= 15 is 0 Å². The van der Waals surface area contributed by atoms with Crippen LogP contribution in [0.3, 0.4) is 0 Å². The summed E-state index contributed by atoms with van der Waals surface area (Å²) in [6.45, 7) is 6.58. The Labute approximate surface area is 180 Å². The zero-order chi connectivity index (χ0) is 21.1. The maximum absolute atomic E-state index is 2.41. The number of hydrogen-bond acceptors (Lipinski definition) is 1. The number of aryl methyl sites for hydroxylation is 1. The Morgan fingerprint density at radius 1 is 1.03 bits per heavy atom. The highest BCUT2D eigenvalue weighted by atomic mass is 15.1. The van der Waals surface area contributed by atoms with Crippen LogP contribution in [0.5, 0.6) is 0 Å². The Morgan fingerprint density at radius 3 is 2.60 bits per heavy atom. The number of fused-ring (bicyclic) bond motifs is 1. The fourth-order valence-electron chi connectivity index (χ4n) is 4.25. The normalized spacial score (nSPS) is 14.1. The van der Waals surface area contributed by atoms with Crippen LogP contribution in [0, 0.1) is 13.8 Å². The zero-order valence-electron chi connectivity index (χ0n) is 18.4. The van der Waals surface area contributed by atoms with Crippen LogP contribution in [0.25, 0.3) is 22.7 Å². The topological polar surface area (TPSA) is 8.17 Å². The van der Waals surface area contributed by atoms with Gasteiger partial charge in [0.15, 0.2) is 0 Å². The van der Waals surface area contributed by atoms with E-state index in [0.29, 0.717) is 0 Å². The van der Waals surface area contributed by atoms with Crippen molar-refractivity contribution in [3.63, 3.8) is 0 Å². The molecule has 0 saturated heterocycles. The SMILES string of the molecule is CC/C=C\c1c(C)n(C2=CCC=CC(N(C)c3ccccc3C)=C2)c2ccccc12. The van der Waals surface area contributed by atoms with Crippen molar-refractivity contribution in [1.82, 2.24) is 4.57 Å². The van der Waals surface area contributed by atoms with Crippen LogP contribution in [0.1, 0.15) is 36.6 Å². The van der Waals surface area contributed by atoms with E-state index in [2.05, 4.69) is 122 Å². The lowest BCUT2D eigenvalue weighted by atomic mass is 10.1.